The SMILES string of the molecule is CCOC(=O)c1ccc(C#N)c(S(=O)(=O)NC(c2n[nH]c(=O)o2)C(C)c2c(F)ccc(C)c2C)c1. The number of nitrogens with one attached hydrogen (secondary N) is 2. The number of H-pyrrole nitrogens is 1. The first kappa shape index (κ1) is 25.8. The highest BCUT2D eigenvalue weighted by atomic mass is 32.2. The van der Waals surface area contributed by atoms with Crippen LogP contribution in [-0.4, -0.2) is 31.2 Å². The molecule has 0 saturated heterocycles. The Morgan fingerprint density at radius 2 is 2.03 bits per heavy atom. The molecule has 0 bridgehead atoms. The zero-order valence-electron chi connectivity index (χ0n) is 19.4. The minimum absolute atomic E-state index is 0.0678. The molecule has 0 spiro atoms. The fourth-order valence-corrected chi connectivity index (χ4v) is 5.13. The van der Waals surface area contributed by atoms with E-state index in [-0.39, 0.29) is 29.2 Å². The molecule has 1 heterocycles. The van der Waals surface area contributed by atoms with Crippen LogP contribution in [0.5, 0.6) is 0 Å². The molecule has 2 atom stereocenters. The molecule has 0 radical (unpaired) electrons. The Balaban J connectivity index is 2.13. The van der Waals surface area contributed by atoms with Gasteiger partial charge in [0.15, 0.2) is 0 Å². The third-order valence-corrected chi connectivity index (χ3v) is 7.07. The van der Waals surface area contributed by atoms with E-state index in [1.54, 1.807) is 39.8 Å². The summed E-state index contributed by atoms with van der Waals surface area (Å²) < 4.78 is 54.0. The van der Waals surface area contributed by atoms with Gasteiger partial charge in [-0.1, -0.05) is 13.0 Å². The van der Waals surface area contributed by atoms with Crippen LogP contribution in [0.2, 0.25) is 0 Å². The molecule has 12 heteroatoms. The van der Waals surface area contributed by atoms with E-state index in [1.165, 1.54) is 18.2 Å². The summed E-state index contributed by atoms with van der Waals surface area (Å²) in [5.41, 5.74) is 1.24. The number of esters is 1. The molecule has 3 rings (SSSR count). The van der Waals surface area contributed by atoms with Crippen molar-refractivity contribution >= 4 is 16.0 Å². The maximum atomic E-state index is 14.9. The van der Waals surface area contributed by atoms with Crippen molar-refractivity contribution in [2.45, 2.75) is 44.6 Å². The van der Waals surface area contributed by atoms with Crippen molar-refractivity contribution in [3.63, 3.8) is 0 Å². The minimum atomic E-state index is -4.52. The van der Waals surface area contributed by atoms with Crippen LogP contribution >= 0.6 is 0 Å². The maximum absolute atomic E-state index is 14.9. The quantitative estimate of drug-likeness (QED) is 0.445. The monoisotopic (exact) mass is 502 g/mol. The van der Waals surface area contributed by atoms with E-state index < -0.39 is 44.4 Å². The van der Waals surface area contributed by atoms with Crippen LogP contribution in [-0.2, 0) is 14.8 Å². The standard InChI is InChI=1S/C23H23FN4O6S/c1-5-33-22(29)15-7-8-16(11-25)18(10-15)35(31,32)28-20(21-26-27-23(30)34-21)14(4)19-13(3)12(2)6-9-17(19)24/h6-10,14,20,28H,5H2,1-4H3,(H,27,30). The van der Waals surface area contributed by atoms with Crippen LogP contribution in [0.15, 0.2) is 44.4 Å². The molecule has 0 aliphatic heterocycles. The van der Waals surface area contributed by atoms with E-state index in [9.17, 15) is 27.7 Å². The predicted octanol–water partition coefficient (Wildman–Crippen LogP) is 2.99. The van der Waals surface area contributed by atoms with E-state index in [2.05, 4.69) is 14.9 Å². The Labute approximate surface area is 200 Å². The molecule has 0 aliphatic rings. The molecule has 2 unspecified atom stereocenters. The van der Waals surface area contributed by atoms with Crippen molar-refractivity contribution in [2.24, 2.45) is 0 Å². The zero-order valence-corrected chi connectivity index (χ0v) is 20.2. The maximum Gasteiger partial charge on any atom is 0.434 e. The Hall–Kier alpha value is -3.82. The van der Waals surface area contributed by atoms with Gasteiger partial charge in [0, 0.05) is 5.92 Å². The van der Waals surface area contributed by atoms with Crippen LogP contribution in [0.1, 0.15) is 64.3 Å². The Kier molecular flexibility index (Phi) is 7.52. The largest absolute Gasteiger partial charge is 0.462 e. The smallest absolute Gasteiger partial charge is 0.434 e. The van der Waals surface area contributed by atoms with Crippen molar-refractivity contribution in [2.75, 3.05) is 6.61 Å². The zero-order chi connectivity index (χ0) is 25.9. The molecule has 3 aromatic rings. The van der Waals surface area contributed by atoms with Crippen molar-refractivity contribution < 1.29 is 26.8 Å². The summed E-state index contributed by atoms with van der Waals surface area (Å²) in [4.78, 5) is 23.3. The van der Waals surface area contributed by atoms with Gasteiger partial charge in [-0.25, -0.2) is 27.5 Å². The number of nitrogens with zero attached hydrogens (tertiary/aromatic N) is 2. The average Bonchev–Trinajstić information content (AvgIpc) is 3.25. The molecular weight excluding hydrogens is 479 g/mol. The number of aromatic amines is 1. The average molecular weight is 503 g/mol. The summed E-state index contributed by atoms with van der Waals surface area (Å²) in [6.07, 6.45) is 0. The number of carbonyl (C=O) groups is 1. The van der Waals surface area contributed by atoms with Gasteiger partial charge in [0.1, 0.15) is 22.8 Å². The number of sulfonamides is 1. The third kappa shape index (κ3) is 5.31. The highest BCUT2D eigenvalue weighted by Crippen LogP contribution is 2.35. The third-order valence-electron chi connectivity index (χ3n) is 5.59. The number of aromatic nitrogens is 2. The fraction of sp³-hybridized carbons (Fsp3) is 0.304. The second-order valence-corrected chi connectivity index (χ2v) is 9.47. The van der Waals surface area contributed by atoms with Gasteiger partial charge in [0.2, 0.25) is 15.9 Å². The van der Waals surface area contributed by atoms with E-state index in [0.29, 0.717) is 5.56 Å². The summed E-state index contributed by atoms with van der Waals surface area (Å²) in [6.45, 7) is 6.67. The van der Waals surface area contributed by atoms with E-state index >= 15 is 0 Å². The van der Waals surface area contributed by atoms with Gasteiger partial charge in [-0.15, -0.1) is 5.10 Å². The number of benzene rings is 2. The van der Waals surface area contributed by atoms with Crippen LogP contribution < -0.4 is 10.5 Å². The van der Waals surface area contributed by atoms with Crippen molar-refractivity contribution in [3.05, 3.63) is 80.4 Å². The van der Waals surface area contributed by atoms with Crippen LogP contribution in [0.3, 0.4) is 0 Å². The Bertz CT molecular complexity index is 1470. The number of ether oxygens (including phenoxy) is 1. The van der Waals surface area contributed by atoms with Gasteiger partial charge < -0.3 is 9.15 Å². The van der Waals surface area contributed by atoms with Crippen LogP contribution in [0.25, 0.3) is 0 Å². The molecule has 0 fully saturated rings. The second-order valence-electron chi connectivity index (χ2n) is 7.79. The normalized spacial score (nSPS) is 13.1. The molecule has 10 nitrogen and oxygen atoms in total. The van der Waals surface area contributed by atoms with E-state index in [0.717, 1.165) is 11.6 Å². The van der Waals surface area contributed by atoms with Crippen molar-refractivity contribution in [1.29, 1.82) is 5.26 Å². The first-order chi connectivity index (χ1) is 16.5. The fourth-order valence-electron chi connectivity index (χ4n) is 3.68. The van der Waals surface area contributed by atoms with Gasteiger partial charge in [-0.05, 0) is 61.7 Å². The van der Waals surface area contributed by atoms with Crippen molar-refractivity contribution in [1.82, 2.24) is 14.9 Å². The summed E-state index contributed by atoms with van der Waals surface area (Å²) in [6, 6.07) is 6.75. The lowest BCUT2D eigenvalue weighted by atomic mass is 9.88. The van der Waals surface area contributed by atoms with E-state index in [1.807, 2.05) is 0 Å². The molecule has 0 amide bonds. The molecule has 2 aromatic carbocycles. The number of halogens is 1. The Morgan fingerprint density at radius 1 is 1.31 bits per heavy atom. The number of carbonyl (C=O) groups excluding carboxylic acids is 1. The lowest BCUT2D eigenvalue weighted by Crippen LogP contribution is -2.33. The Morgan fingerprint density at radius 3 is 2.63 bits per heavy atom. The van der Waals surface area contributed by atoms with Gasteiger partial charge in [-0.3, -0.25) is 0 Å². The van der Waals surface area contributed by atoms with Crippen LogP contribution in [0.4, 0.5) is 4.39 Å². The summed E-state index contributed by atoms with van der Waals surface area (Å²) >= 11 is 0. The highest BCUT2D eigenvalue weighted by Gasteiger charge is 2.34. The molecule has 2 N–H and O–H groups in total. The summed E-state index contributed by atoms with van der Waals surface area (Å²) in [7, 11) is -4.52. The molecule has 0 saturated carbocycles. The number of nitriles is 1. The topological polar surface area (TPSA) is 155 Å². The molecule has 184 valence electrons. The van der Waals surface area contributed by atoms with E-state index in [4.69, 9.17) is 9.15 Å². The lowest BCUT2D eigenvalue weighted by Gasteiger charge is -2.25. The first-order valence-corrected chi connectivity index (χ1v) is 12.0. The number of hydrogen-bond donors (Lipinski definition) is 2. The van der Waals surface area contributed by atoms with Gasteiger partial charge in [0.05, 0.1) is 17.7 Å². The van der Waals surface area contributed by atoms with Gasteiger partial charge >= 0.3 is 11.7 Å². The summed E-state index contributed by atoms with van der Waals surface area (Å²) in [5.74, 6) is -3.50. The van der Waals surface area contributed by atoms with Gasteiger partial charge in [0.25, 0.3) is 0 Å². The van der Waals surface area contributed by atoms with Gasteiger partial charge in [-0.2, -0.15) is 9.98 Å². The molecule has 35 heavy (non-hydrogen) atoms. The lowest BCUT2D eigenvalue weighted by molar-refractivity contribution is 0.0526. The number of rotatable bonds is 8. The highest BCUT2D eigenvalue weighted by molar-refractivity contribution is 7.89. The number of aryl methyl sites for hydroxylation is 1. The van der Waals surface area contributed by atoms with Crippen LogP contribution in [0, 0.1) is 31.0 Å². The number of hydrogen-bond acceptors (Lipinski definition) is 8. The predicted molar refractivity (Wildman–Crippen MR) is 122 cm³/mol. The molecular formula is C23H23FN4O6S. The minimum Gasteiger partial charge on any atom is -0.462 e. The molecule has 1 aromatic heterocycles. The first-order valence-electron chi connectivity index (χ1n) is 10.5. The van der Waals surface area contributed by atoms with Crippen molar-refractivity contribution in [3.8, 4) is 6.07 Å². The molecule has 0 aliphatic carbocycles. The summed E-state index contributed by atoms with van der Waals surface area (Å²) in [5, 5.41) is 15.3. The second kappa shape index (κ2) is 10.2.